The first-order chi connectivity index (χ1) is 15.2. The number of amides is 1. The number of benzene rings is 2. The molecule has 1 fully saturated rings. The summed E-state index contributed by atoms with van der Waals surface area (Å²) < 4.78 is 0. The van der Waals surface area contributed by atoms with Crippen molar-refractivity contribution >= 4 is 5.91 Å². The van der Waals surface area contributed by atoms with Gasteiger partial charge in [0.1, 0.15) is 5.41 Å². The number of aliphatic hydroxyl groups is 1. The summed E-state index contributed by atoms with van der Waals surface area (Å²) in [5, 5.41) is 9.10. The number of hydrogen-bond acceptors (Lipinski definition) is 3. The molecule has 1 heterocycles. The van der Waals surface area contributed by atoms with Crippen LogP contribution in [0.25, 0.3) is 0 Å². The molecule has 1 aliphatic heterocycles. The van der Waals surface area contributed by atoms with Crippen molar-refractivity contribution in [1.82, 2.24) is 4.90 Å². The smallest absolute Gasteiger partial charge is 0.232 e. The molecule has 0 aromatic heterocycles. The Morgan fingerprint density at radius 2 is 1.33 bits per heavy atom. The van der Waals surface area contributed by atoms with E-state index in [1.807, 2.05) is 102 Å². The summed E-state index contributed by atoms with van der Waals surface area (Å²) in [6.07, 6.45) is 1.67. The number of hydrogen-bond donors (Lipinski definition) is 2. The third kappa shape index (κ3) is 9.74. The minimum absolute atomic E-state index is 0. The third-order valence-electron chi connectivity index (χ3n) is 5.36. The average molecular weight is 801 g/mol. The molecule has 1 aliphatic rings. The van der Waals surface area contributed by atoms with E-state index in [-0.39, 0.29) is 59.3 Å². The molecule has 1 amide bonds. The van der Waals surface area contributed by atoms with Gasteiger partial charge >= 0.3 is 0 Å². The number of carbonyl (C=O) groups is 1. The molecule has 2 radical (unpaired) electrons. The molecular formula is C27H44N2O2Re2. The van der Waals surface area contributed by atoms with Crippen molar-refractivity contribution in [3.05, 3.63) is 71.8 Å². The quantitative estimate of drug-likeness (QED) is 0.404. The largest absolute Gasteiger partial charge is 0.396 e. The van der Waals surface area contributed by atoms with E-state index >= 15 is 0 Å². The first-order valence-electron chi connectivity index (χ1n) is 11.9. The van der Waals surface area contributed by atoms with Gasteiger partial charge in [0.15, 0.2) is 0 Å². The first-order valence-corrected chi connectivity index (χ1v) is 11.9. The normalized spacial score (nSPS) is 14.5. The van der Waals surface area contributed by atoms with Crippen LogP contribution in [0.15, 0.2) is 60.7 Å². The van der Waals surface area contributed by atoms with E-state index in [0.29, 0.717) is 0 Å². The minimum Gasteiger partial charge on any atom is -0.396 e. The zero-order valence-electron chi connectivity index (χ0n) is 21.2. The molecule has 33 heavy (non-hydrogen) atoms. The van der Waals surface area contributed by atoms with E-state index in [2.05, 4.69) is 4.90 Å². The molecule has 2 aromatic carbocycles. The summed E-state index contributed by atoms with van der Waals surface area (Å²) in [4.78, 5) is 15.2. The topological polar surface area (TPSA) is 66.6 Å². The third-order valence-corrected chi connectivity index (χ3v) is 5.36. The zero-order valence-corrected chi connectivity index (χ0v) is 26.7. The van der Waals surface area contributed by atoms with Crippen molar-refractivity contribution in [3.8, 4) is 0 Å². The van der Waals surface area contributed by atoms with E-state index in [1.54, 1.807) is 0 Å². The summed E-state index contributed by atoms with van der Waals surface area (Å²) in [6, 6.07) is 19.8. The fourth-order valence-electron chi connectivity index (χ4n) is 4.21. The van der Waals surface area contributed by atoms with Crippen molar-refractivity contribution in [3.63, 3.8) is 0 Å². The Balaban J connectivity index is -0.00000104. The SMILES string of the molecule is CC.CC.CC.NC(=O)C(c1ccccc1)(c1ccccc1)C1CCN(CCCO)C1.[Re].[Re]. The van der Waals surface area contributed by atoms with Crippen LogP contribution in [-0.4, -0.2) is 42.2 Å². The van der Waals surface area contributed by atoms with Gasteiger partial charge < -0.3 is 15.7 Å². The van der Waals surface area contributed by atoms with Gasteiger partial charge in [0.2, 0.25) is 5.91 Å². The van der Waals surface area contributed by atoms with E-state index < -0.39 is 5.41 Å². The molecule has 1 saturated heterocycles. The summed E-state index contributed by atoms with van der Waals surface area (Å²) >= 11 is 0. The Kier molecular flexibility index (Phi) is 24.1. The number of nitrogens with two attached hydrogens (primary N) is 1. The van der Waals surface area contributed by atoms with Crippen molar-refractivity contribution in [2.24, 2.45) is 11.7 Å². The van der Waals surface area contributed by atoms with Crippen molar-refractivity contribution in [2.75, 3.05) is 26.2 Å². The van der Waals surface area contributed by atoms with Gasteiger partial charge in [-0.2, -0.15) is 0 Å². The molecule has 6 heteroatoms. The van der Waals surface area contributed by atoms with Crippen LogP contribution in [-0.2, 0) is 51.1 Å². The van der Waals surface area contributed by atoms with Crippen LogP contribution >= 0.6 is 0 Å². The number of primary amides is 1. The predicted molar refractivity (Wildman–Crippen MR) is 133 cm³/mol. The summed E-state index contributed by atoms with van der Waals surface area (Å²) in [5.41, 5.74) is 7.16. The second-order valence-corrected chi connectivity index (χ2v) is 6.77. The first kappa shape index (κ1) is 36.7. The van der Waals surface area contributed by atoms with Crippen LogP contribution in [0, 0.1) is 5.92 Å². The van der Waals surface area contributed by atoms with Gasteiger partial charge in [0.25, 0.3) is 0 Å². The fourth-order valence-corrected chi connectivity index (χ4v) is 4.21. The molecule has 1 atom stereocenters. The predicted octanol–water partition coefficient (Wildman–Crippen LogP) is 5.24. The van der Waals surface area contributed by atoms with Gasteiger partial charge in [0, 0.05) is 60.5 Å². The van der Waals surface area contributed by atoms with Crippen molar-refractivity contribution in [2.45, 2.75) is 59.8 Å². The molecule has 0 spiro atoms. The van der Waals surface area contributed by atoms with Crippen LogP contribution in [0.2, 0.25) is 0 Å². The number of aliphatic hydroxyl groups excluding tert-OH is 1. The maximum absolute atomic E-state index is 12.9. The van der Waals surface area contributed by atoms with Crippen molar-refractivity contribution in [1.29, 1.82) is 0 Å². The molecule has 4 nitrogen and oxygen atoms in total. The second-order valence-electron chi connectivity index (χ2n) is 6.77. The molecule has 0 aliphatic carbocycles. The molecule has 1 unspecified atom stereocenters. The average Bonchev–Trinajstić information content (AvgIpc) is 3.32. The van der Waals surface area contributed by atoms with Gasteiger partial charge in [-0.05, 0) is 36.4 Å². The molecule has 0 bridgehead atoms. The maximum Gasteiger partial charge on any atom is 0.232 e. The molecule has 3 N–H and O–H groups in total. The van der Waals surface area contributed by atoms with E-state index in [1.165, 1.54) is 0 Å². The van der Waals surface area contributed by atoms with Crippen LogP contribution in [0.4, 0.5) is 0 Å². The number of rotatable bonds is 7. The van der Waals surface area contributed by atoms with Crippen LogP contribution in [0.3, 0.4) is 0 Å². The Bertz CT molecular complexity index is 660. The van der Waals surface area contributed by atoms with Crippen LogP contribution < -0.4 is 5.73 Å². The van der Waals surface area contributed by atoms with Gasteiger partial charge in [-0.1, -0.05) is 102 Å². The standard InChI is InChI=1S/C21H26N2O2.3C2H6.2Re/c22-20(25)21(17-8-3-1-4-9-17,18-10-5-2-6-11-18)19-12-14-23(16-19)13-7-15-24;3*1-2;;/h1-6,8-11,19,24H,7,12-16H2,(H2,22,25);3*1-2H3;;. The Morgan fingerprint density at radius 3 is 1.70 bits per heavy atom. The number of carbonyl (C=O) groups excluding carboxylic acids is 1. The van der Waals surface area contributed by atoms with E-state index in [9.17, 15) is 4.79 Å². The zero-order chi connectivity index (χ0) is 23.7. The van der Waals surface area contributed by atoms with Gasteiger partial charge in [-0.25, -0.2) is 0 Å². The van der Waals surface area contributed by atoms with Crippen LogP contribution in [0.1, 0.15) is 65.5 Å². The fraction of sp³-hybridized carbons (Fsp3) is 0.519. The van der Waals surface area contributed by atoms with E-state index in [4.69, 9.17) is 10.8 Å². The molecule has 2 aromatic rings. The Morgan fingerprint density at radius 1 is 0.909 bits per heavy atom. The molecule has 0 saturated carbocycles. The monoisotopic (exact) mass is 802 g/mol. The summed E-state index contributed by atoms with van der Waals surface area (Å²) in [7, 11) is 0. The Labute approximate surface area is 230 Å². The molecular weight excluding hydrogens is 757 g/mol. The van der Waals surface area contributed by atoms with Gasteiger partial charge in [-0.3, -0.25) is 4.79 Å². The Hall–Kier alpha value is -0.845. The number of likely N-dealkylation sites (tertiary alicyclic amines) is 1. The number of nitrogens with zero attached hydrogens (tertiary/aromatic N) is 1. The molecule has 188 valence electrons. The second kappa shape index (κ2) is 21.7. The minimum atomic E-state index is -0.823. The molecule has 3 rings (SSSR count). The maximum atomic E-state index is 12.9. The van der Waals surface area contributed by atoms with Crippen LogP contribution in [0.5, 0.6) is 0 Å². The van der Waals surface area contributed by atoms with Gasteiger partial charge in [0.05, 0.1) is 0 Å². The summed E-state index contributed by atoms with van der Waals surface area (Å²) in [6.45, 7) is 14.8. The van der Waals surface area contributed by atoms with Gasteiger partial charge in [-0.15, -0.1) is 0 Å². The van der Waals surface area contributed by atoms with Crippen molar-refractivity contribution < 1.29 is 50.7 Å². The van der Waals surface area contributed by atoms with E-state index in [0.717, 1.165) is 43.6 Å². The summed E-state index contributed by atoms with van der Waals surface area (Å²) in [5.74, 6) is -0.174.